The number of hydrogen-bond donors (Lipinski definition) is 2. The topological polar surface area (TPSA) is 52.0 Å². The van der Waals surface area contributed by atoms with Crippen LogP contribution in [0, 0.1) is 0 Å². The highest BCUT2D eigenvalue weighted by Gasteiger charge is 2.22. The Morgan fingerprint density at radius 3 is 1.81 bits per heavy atom. The van der Waals surface area contributed by atoms with Crippen LogP contribution in [0.15, 0.2) is 97.1 Å². The molecule has 0 bridgehead atoms. The molecule has 128 valence electrons. The molecule has 26 heavy (non-hydrogen) atoms. The molecular weight excluding hydrogens is 316 g/mol. The van der Waals surface area contributed by atoms with E-state index in [1.165, 1.54) is 27.8 Å². The van der Waals surface area contributed by atoms with Gasteiger partial charge < -0.3 is 11.5 Å². The van der Waals surface area contributed by atoms with E-state index in [0.717, 1.165) is 5.57 Å². The molecule has 4 rings (SSSR count). The van der Waals surface area contributed by atoms with Crippen LogP contribution in [0.25, 0.3) is 27.8 Å². The van der Waals surface area contributed by atoms with E-state index in [1.807, 2.05) is 18.2 Å². The van der Waals surface area contributed by atoms with Gasteiger partial charge in [-0.3, -0.25) is 0 Å². The fourth-order valence-electron chi connectivity index (χ4n) is 3.56. The van der Waals surface area contributed by atoms with Crippen molar-refractivity contribution in [3.05, 3.63) is 103 Å². The van der Waals surface area contributed by atoms with E-state index in [-0.39, 0.29) is 0 Å². The Balaban J connectivity index is 1.87. The Bertz CT molecular complexity index is 982. The van der Waals surface area contributed by atoms with E-state index in [4.69, 9.17) is 11.5 Å². The molecule has 0 amide bonds. The summed E-state index contributed by atoms with van der Waals surface area (Å²) >= 11 is 0. The first kappa shape index (κ1) is 16.5. The molecule has 4 N–H and O–H groups in total. The standard InChI is InChI=1S/C24H22N2/c25-24(26)16-8-11-19(17-24)21-13-5-7-15-23(21)22-14-6-4-12-20(22)18-9-2-1-3-10-18/h1-16H,17,25-26H2. The molecule has 3 aromatic rings. The van der Waals surface area contributed by atoms with Gasteiger partial charge in [-0.25, -0.2) is 0 Å². The van der Waals surface area contributed by atoms with Gasteiger partial charge in [-0.1, -0.05) is 97.1 Å². The zero-order chi connectivity index (χ0) is 18.0. The largest absolute Gasteiger partial charge is 0.310 e. The van der Waals surface area contributed by atoms with E-state index in [9.17, 15) is 0 Å². The average molecular weight is 338 g/mol. The van der Waals surface area contributed by atoms with Crippen molar-refractivity contribution >= 4 is 5.57 Å². The molecule has 1 aliphatic carbocycles. The Kier molecular flexibility index (Phi) is 4.29. The van der Waals surface area contributed by atoms with Gasteiger partial charge in [-0.2, -0.15) is 0 Å². The first-order chi connectivity index (χ1) is 12.6. The first-order valence-electron chi connectivity index (χ1n) is 8.84. The van der Waals surface area contributed by atoms with E-state index in [0.29, 0.717) is 6.42 Å². The summed E-state index contributed by atoms with van der Waals surface area (Å²) in [6.07, 6.45) is 6.55. The van der Waals surface area contributed by atoms with E-state index >= 15 is 0 Å². The van der Waals surface area contributed by atoms with Crippen molar-refractivity contribution in [3.8, 4) is 22.3 Å². The maximum absolute atomic E-state index is 6.17. The molecule has 0 aromatic heterocycles. The monoisotopic (exact) mass is 338 g/mol. The Morgan fingerprint density at radius 1 is 0.615 bits per heavy atom. The highest BCUT2D eigenvalue weighted by Crippen LogP contribution is 2.38. The van der Waals surface area contributed by atoms with Gasteiger partial charge in [0.2, 0.25) is 0 Å². The van der Waals surface area contributed by atoms with Gasteiger partial charge in [-0.15, -0.1) is 0 Å². The minimum atomic E-state index is -0.795. The zero-order valence-corrected chi connectivity index (χ0v) is 14.6. The van der Waals surface area contributed by atoms with Gasteiger partial charge in [0, 0.05) is 6.42 Å². The van der Waals surface area contributed by atoms with Crippen LogP contribution >= 0.6 is 0 Å². The quantitative estimate of drug-likeness (QED) is 0.662. The number of benzene rings is 3. The summed E-state index contributed by atoms with van der Waals surface area (Å²) < 4.78 is 0. The van der Waals surface area contributed by atoms with Crippen LogP contribution in [0.3, 0.4) is 0 Å². The average Bonchev–Trinajstić information content (AvgIpc) is 2.68. The lowest BCUT2D eigenvalue weighted by atomic mass is 9.85. The van der Waals surface area contributed by atoms with Crippen LogP contribution in [-0.2, 0) is 0 Å². The van der Waals surface area contributed by atoms with Crippen LogP contribution < -0.4 is 11.5 Å². The third-order valence-corrected chi connectivity index (χ3v) is 4.78. The van der Waals surface area contributed by atoms with Crippen LogP contribution in [-0.4, -0.2) is 5.66 Å². The summed E-state index contributed by atoms with van der Waals surface area (Å²) in [7, 11) is 0. The number of nitrogens with two attached hydrogens (primary N) is 2. The Labute approximate surface area is 154 Å². The molecule has 2 heteroatoms. The van der Waals surface area contributed by atoms with Crippen molar-refractivity contribution in [3.63, 3.8) is 0 Å². The summed E-state index contributed by atoms with van der Waals surface area (Å²) in [5.41, 5.74) is 18.7. The third kappa shape index (κ3) is 3.25. The van der Waals surface area contributed by atoms with Gasteiger partial charge in [0.05, 0.1) is 5.66 Å². The lowest BCUT2D eigenvalue weighted by molar-refractivity contribution is 0.565. The highest BCUT2D eigenvalue weighted by molar-refractivity contribution is 5.90. The van der Waals surface area contributed by atoms with E-state index in [1.54, 1.807) is 0 Å². The summed E-state index contributed by atoms with van der Waals surface area (Å²) in [5.74, 6) is 0. The predicted molar refractivity (Wildman–Crippen MR) is 110 cm³/mol. The highest BCUT2D eigenvalue weighted by atomic mass is 14.9. The molecule has 0 unspecified atom stereocenters. The molecule has 0 saturated heterocycles. The van der Waals surface area contributed by atoms with Crippen LogP contribution in [0.2, 0.25) is 0 Å². The minimum absolute atomic E-state index is 0.619. The summed E-state index contributed by atoms with van der Waals surface area (Å²) in [5, 5.41) is 0. The molecule has 0 fully saturated rings. The smallest absolute Gasteiger partial charge is 0.0872 e. The molecular formula is C24H22N2. The van der Waals surface area contributed by atoms with Gasteiger partial charge in [0.15, 0.2) is 0 Å². The van der Waals surface area contributed by atoms with Crippen molar-refractivity contribution in [2.24, 2.45) is 11.5 Å². The van der Waals surface area contributed by atoms with Gasteiger partial charge in [0.25, 0.3) is 0 Å². The maximum atomic E-state index is 6.17. The Morgan fingerprint density at radius 2 is 1.15 bits per heavy atom. The van der Waals surface area contributed by atoms with E-state index in [2.05, 4.69) is 78.9 Å². The normalized spacial score (nSPS) is 15.5. The predicted octanol–water partition coefficient (Wildman–Crippen LogP) is 4.98. The van der Waals surface area contributed by atoms with Crippen molar-refractivity contribution in [2.75, 3.05) is 0 Å². The molecule has 0 atom stereocenters. The first-order valence-corrected chi connectivity index (χ1v) is 8.84. The van der Waals surface area contributed by atoms with Crippen molar-refractivity contribution in [2.45, 2.75) is 12.1 Å². The van der Waals surface area contributed by atoms with Crippen molar-refractivity contribution < 1.29 is 0 Å². The second-order valence-electron chi connectivity index (χ2n) is 6.80. The number of allylic oxidation sites excluding steroid dienone is 2. The van der Waals surface area contributed by atoms with Gasteiger partial charge >= 0.3 is 0 Å². The lowest BCUT2D eigenvalue weighted by Crippen LogP contribution is -2.48. The van der Waals surface area contributed by atoms with Crippen molar-refractivity contribution in [1.29, 1.82) is 0 Å². The summed E-state index contributed by atoms with van der Waals surface area (Å²) in [4.78, 5) is 0. The van der Waals surface area contributed by atoms with E-state index < -0.39 is 5.66 Å². The molecule has 0 spiro atoms. The molecule has 3 aromatic carbocycles. The number of hydrogen-bond acceptors (Lipinski definition) is 2. The SMILES string of the molecule is NC1(N)C=CC=C(c2ccccc2-c2ccccc2-c2ccccc2)C1. The molecule has 0 heterocycles. The molecule has 0 aliphatic heterocycles. The fraction of sp³-hybridized carbons (Fsp3) is 0.0833. The summed E-state index contributed by atoms with van der Waals surface area (Å²) in [6.45, 7) is 0. The van der Waals surface area contributed by atoms with Crippen LogP contribution in [0.4, 0.5) is 0 Å². The molecule has 0 radical (unpaired) electrons. The summed E-state index contributed by atoms with van der Waals surface area (Å²) in [6, 6.07) is 27.5. The fourth-order valence-corrected chi connectivity index (χ4v) is 3.56. The van der Waals surface area contributed by atoms with Crippen molar-refractivity contribution in [1.82, 2.24) is 0 Å². The zero-order valence-electron chi connectivity index (χ0n) is 14.6. The van der Waals surface area contributed by atoms with Gasteiger partial charge in [0.1, 0.15) is 0 Å². The second kappa shape index (κ2) is 6.75. The second-order valence-corrected chi connectivity index (χ2v) is 6.80. The van der Waals surface area contributed by atoms with Crippen LogP contribution in [0.1, 0.15) is 12.0 Å². The Hall–Kier alpha value is -2.94. The number of rotatable bonds is 3. The molecule has 0 saturated carbocycles. The third-order valence-electron chi connectivity index (χ3n) is 4.78. The lowest BCUT2D eigenvalue weighted by Gasteiger charge is -2.26. The van der Waals surface area contributed by atoms with Gasteiger partial charge in [-0.05, 0) is 33.4 Å². The minimum Gasteiger partial charge on any atom is -0.310 e. The molecule has 2 nitrogen and oxygen atoms in total. The molecule has 1 aliphatic rings. The van der Waals surface area contributed by atoms with Crippen LogP contribution in [0.5, 0.6) is 0 Å². The maximum Gasteiger partial charge on any atom is 0.0872 e.